The highest BCUT2D eigenvalue weighted by atomic mass is 79.9. The average molecular weight is 381 g/mol. The molecule has 5 atom stereocenters. The molecule has 0 bridgehead atoms. The standard InChI is InChI=1S/C19H22BrFO2/c1-19-7-6-11-12(14(19)4-5-16(21)18(19)23)3-2-10-8-17(22)15(20)9-13(10)11/h8-9,11-12,14,16,22H,2-7H2,1H3/t11-,12+,14-,16?,19-/m0/s1. The summed E-state index contributed by atoms with van der Waals surface area (Å²) in [6.07, 6.45) is 3.69. The van der Waals surface area contributed by atoms with Gasteiger partial charge in [-0.15, -0.1) is 0 Å². The number of carbonyl (C=O) groups excluding carboxylic acids is 1. The third-order valence-electron chi connectivity index (χ3n) is 6.76. The van der Waals surface area contributed by atoms with Crippen LogP contribution in [-0.2, 0) is 11.2 Å². The van der Waals surface area contributed by atoms with Crippen LogP contribution in [0.25, 0.3) is 0 Å². The minimum atomic E-state index is -1.25. The average Bonchev–Trinajstić information content (AvgIpc) is 2.52. The summed E-state index contributed by atoms with van der Waals surface area (Å²) in [6.45, 7) is 2.00. The molecule has 124 valence electrons. The zero-order valence-electron chi connectivity index (χ0n) is 13.3. The summed E-state index contributed by atoms with van der Waals surface area (Å²) in [5.74, 6) is 1.37. The Morgan fingerprint density at radius 3 is 2.83 bits per heavy atom. The number of phenolic OH excluding ortho intramolecular Hbond substituents is 1. The maximum absolute atomic E-state index is 14.0. The van der Waals surface area contributed by atoms with Crippen LogP contribution in [0.15, 0.2) is 16.6 Å². The molecule has 0 aromatic heterocycles. The van der Waals surface area contributed by atoms with Crippen molar-refractivity contribution in [2.75, 3.05) is 0 Å². The first kappa shape index (κ1) is 15.6. The van der Waals surface area contributed by atoms with Gasteiger partial charge < -0.3 is 5.11 Å². The van der Waals surface area contributed by atoms with Crippen molar-refractivity contribution in [1.29, 1.82) is 0 Å². The lowest BCUT2D eigenvalue weighted by molar-refractivity contribution is -0.147. The molecule has 1 aromatic rings. The molecular weight excluding hydrogens is 359 g/mol. The van der Waals surface area contributed by atoms with Crippen molar-refractivity contribution < 1.29 is 14.3 Å². The molecule has 2 saturated carbocycles. The Labute approximate surface area is 144 Å². The van der Waals surface area contributed by atoms with Gasteiger partial charge in [0.2, 0.25) is 0 Å². The minimum Gasteiger partial charge on any atom is -0.507 e. The molecule has 3 aliphatic carbocycles. The SMILES string of the molecule is C[C@]12CC[C@@H]3c4cc(Br)c(O)cc4CC[C@H]3[C@@H]1CCC(F)C2=O. The Morgan fingerprint density at radius 2 is 2.04 bits per heavy atom. The summed E-state index contributed by atoms with van der Waals surface area (Å²) in [4.78, 5) is 12.5. The molecule has 0 radical (unpaired) electrons. The van der Waals surface area contributed by atoms with Gasteiger partial charge in [0.15, 0.2) is 12.0 Å². The number of aryl methyl sites for hydroxylation is 1. The number of halogens is 2. The van der Waals surface area contributed by atoms with Crippen LogP contribution < -0.4 is 0 Å². The number of ketones is 1. The molecule has 23 heavy (non-hydrogen) atoms. The van der Waals surface area contributed by atoms with Gasteiger partial charge in [0.1, 0.15) is 5.75 Å². The quantitative estimate of drug-likeness (QED) is 0.693. The predicted octanol–water partition coefficient (Wildman–Crippen LogP) is 4.92. The van der Waals surface area contributed by atoms with Crippen LogP contribution in [0.4, 0.5) is 4.39 Å². The second kappa shape index (κ2) is 5.30. The van der Waals surface area contributed by atoms with Crippen LogP contribution in [0, 0.1) is 17.3 Å². The highest BCUT2D eigenvalue weighted by Crippen LogP contribution is 2.59. The maximum Gasteiger partial charge on any atom is 0.173 e. The highest BCUT2D eigenvalue weighted by molar-refractivity contribution is 9.10. The molecule has 2 nitrogen and oxygen atoms in total. The van der Waals surface area contributed by atoms with E-state index >= 15 is 0 Å². The lowest BCUT2D eigenvalue weighted by Crippen LogP contribution is -2.52. The van der Waals surface area contributed by atoms with Crippen LogP contribution in [0.1, 0.15) is 56.1 Å². The van der Waals surface area contributed by atoms with E-state index in [0.29, 0.717) is 29.9 Å². The summed E-state index contributed by atoms with van der Waals surface area (Å²) in [7, 11) is 0. The number of carbonyl (C=O) groups is 1. The summed E-state index contributed by atoms with van der Waals surface area (Å²) < 4.78 is 14.7. The molecule has 4 heteroatoms. The second-order valence-electron chi connectivity index (χ2n) is 7.78. The number of hydrogen-bond donors (Lipinski definition) is 1. The second-order valence-corrected chi connectivity index (χ2v) is 8.64. The Morgan fingerprint density at radius 1 is 1.26 bits per heavy atom. The van der Waals surface area contributed by atoms with Gasteiger partial charge in [-0.2, -0.15) is 0 Å². The van der Waals surface area contributed by atoms with E-state index in [1.807, 2.05) is 13.0 Å². The smallest absolute Gasteiger partial charge is 0.173 e. The van der Waals surface area contributed by atoms with Crippen molar-refractivity contribution in [2.45, 2.75) is 57.5 Å². The largest absolute Gasteiger partial charge is 0.507 e. The van der Waals surface area contributed by atoms with Crippen LogP contribution in [0.5, 0.6) is 5.75 Å². The number of phenols is 1. The molecule has 0 amide bonds. The molecule has 0 aliphatic heterocycles. The molecule has 1 aromatic carbocycles. The van der Waals surface area contributed by atoms with Crippen molar-refractivity contribution in [3.05, 3.63) is 27.7 Å². The van der Waals surface area contributed by atoms with Crippen molar-refractivity contribution in [2.24, 2.45) is 17.3 Å². The first-order chi connectivity index (χ1) is 10.9. The van der Waals surface area contributed by atoms with Gasteiger partial charge in [0.05, 0.1) is 4.47 Å². The van der Waals surface area contributed by atoms with Gasteiger partial charge in [-0.3, -0.25) is 4.79 Å². The van der Waals surface area contributed by atoms with Crippen LogP contribution >= 0.6 is 15.9 Å². The summed E-state index contributed by atoms with van der Waals surface area (Å²) in [5, 5.41) is 9.93. The molecule has 2 fully saturated rings. The van der Waals surface area contributed by atoms with Crippen molar-refractivity contribution in [1.82, 2.24) is 0 Å². The maximum atomic E-state index is 14.0. The summed E-state index contributed by atoms with van der Waals surface area (Å²) >= 11 is 3.43. The lowest BCUT2D eigenvalue weighted by Gasteiger charge is -2.53. The topological polar surface area (TPSA) is 37.3 Å². The van der Waals surface area contributed by atoms with Crippen LogP contribution in [-0.4, -0.2) is 17.1 Å². The van der Waals surface area contributed by atoms with Gasteiger partial charge in [-0.25, -0.2) is 4.39 Å². The third kappa shape index (κ3) is 2.20. The summed E-state index contributed by atoms with van der Waals surface area (Å²) in [6, 6.07) is 3.94. The Hall–Kier alpha value is -0.900. The Kier molecular flexibility index (Phi) is 3.60. The van der Waals surface area contributed by atoms with E-state index in [9.17, 15) is 14.3 Å². The third-order valence-corrected chi connectivity index (χ3v) is 7.40. The van der Waals surface area contributed by atoms with E-state index in [1.165, 1.54) is 11.1 Å². The van der Waals surface area contributed by atoms with E-state index < -0.39 is 11.6 Å². The molecule has 1 N–H and O–H groups in total. The van der Waals surface area contributed by atoms with Gasteiger partial charge in [0, 0.05) is 5.41 Å². The number of alkyl halides is 1. The van der Waals surface area contributed by atoms with Gasteiger partial charge in [-0.1, -0.05) is 6.92 Å². The first-order valence-electron chi connectivity index (χ1n) is 8.61. The van der Waals surface area contributed by atoms with E-state index in [1.54, 1.807) is 0 Å². The van der Waals surface area contributed by atoms with Gasteiger partial charge >= 0.3 is 0 Å². The zero-order valence-corrected chi connectivity index (χ0v) is 14.9. The molecule has 4 rings (SSSR count). The Balaban J connectivity index is 1.72. The molecule has 3 aliphatic rings. The zero-order chi connectivity index (χ0) is 16.4. The monoisotopic (exact) mass is 380 g/mol. The number of Topliss-reactive ketones (excluding diaryl/α,β-unsaturated/α-hetero) is 1. The molecule has 1 unspecified atom stereocenters. The van der Waals surface area contributed by atoms with Crippen molar-refractivity contribution >= 4 is 21.7 Å². The summed E-state index contributed by atoms with van der Waals surface area (Å²) in [5.41, 5.74) is 2.09. The molecule has 0 saturated heterocycles. The lowest BCUT2D eigenvalue weighted by atomic mass is 9.50. The minimum absolute atomic E-state index is 0.148. The normalized spacial score (nSPS) is 39.3. The van der Waals surface area contributed by atoms with Gasteiger partial charge in [-0.05, 0) is 95.5 Å². The van der Waals surface area contributed by atoms with E-state index in [2.05, 4.69) is 22.0 Å². The number of rotatable bonds is 0. The van der Waals surface area contributed by atoms with Gasteiger partial charge in [0.25, 0.3) is 0 Å². The number of benzene rings is 1. The first-order valence-corrected chi connectivity index (χ1v) is 9.41. The predicted molar refractivity (Wildman–Crippen MR) is 90.3 cm³/mol. The van der Waals surface area contributed by atoms with E-state index in [0.717, 1.165) is 36.6 Å². The fourth-order valence-electron chi connectivity index (χ4n) is 5.55. The molecular formula is C19H22BrFO2. The number of hydrogen-bond acceptors (Lipinski definition) is 2. The highest BCUT2D eigenvalue weighted by Gasteiger charge is 2.55. The molecule has 0 heterocycles. The van der Waals surface area contributed by atoms with Crippen molar-refractivity contribution in [3.63, 3.8) is 0 Å². The van der Waals surface area contributed by atoms with Crippen LogP contribution in [0.3, 0.4) is 0 Å². The fourth-order valence-corrected chi connectivity index (χ4v) is 5.91. The van der Waals surface area contributed by atoms with Crippen LogP contribution in [0.2, 0.25) is 0 Å². The fraction of sp³-hybridized carbons (Fsp3) is 0.632. The number of fused-ring (bicyclic) bond motifs is 5. The van der Waals surface area contributed by atoms with E-state index in [4.69, 9.17) is 0 Å². The van der Waals surface area contributed by atoms with Crippen molar-refractivity contribution in [3.8, 4) is 5.75 Å². The number of aromatic hydroxyl groups is 1. The Bertz CT molecular complexity index is 674. The molecule has 0 spiro atoms. The van der Waals surface area contributed by atoms with E-state index in [-0.39, 0.29) is 5.78 Å².